The molecule has 0 spiro atoms. The molecule has 2 atom stereocenters. The number of rotatable bonds is 8. The van der Waals surface area contributed by atoms with Gasteiger partial charge in [-0.05, 0) is 26.3 Å². The van der Waals surface area contributed by atoms with Gasteiger partial charge in [-0.1, -0.05) is 13.3 Å². The van der Waals surface area contributed by atoms with E-state index in [0.717, 1.165) is 25.2 Å². The number of nitrogen functional groups attached to an aromatic ring is 1. The summed E-state index contributed by atoms with van der Waals surface area (Å²) in [6.45, 7) is 5.20. The van der Waals surface area contributed by atoms with Crippen molar-refractivity contribution in [3.05, 3.63) is 18.3 Å². The van der Waals surface area contributed by atoms with Crippen molar-refractivity contribution in [2.75, 3.05) is 35.6 Å². The molecule has 164 valence electrons. The third-order valence-electron chi connectivity index (χ3n) is 4.82. The van der Waals surface area contributed by atoms with E-state index < -0.39 is 6.61 Å². The first-order valence-electron chi connectivity index (χ1n) is 10.1. The van der Waals surface area contributed by atoms with Crippen molar-refractivity contribution in [3.63, 3.8) is 0 Å². The third kappa shape index (κ3) is 5.44. The van der Waals surface area contributed by atoms with Gasteiger partial charge in [0.2, 0.25) is 5.95 Å². The molecule has 3 N–H and O–H groups in total. The lowest BCUT2D eigenvalue weighted by molar-refractivity contribution is -0.0494. The largest absolute Gasteiger partial charge is 0.431 e. The van der Waals surface area contributed by atoms with Crippen LogP contribution in [0, 0.1) is 0 Å². The zero-order valence-corrected chi connectivity index (χ0v) is 17.4. The summed E-state index contributed by atoms with van der Waals surface area (Å²) < 4.78 is 35.6. The van der Waals surface area contributed by atoms with Gasteiger partial charge in [0.15, 0.2) is 11.6 Å². The van der Waals surface area contributed by atoms with E-state index in [1.54, 1.807) is 0 Å². The maximum absolute atomic E-state index is 12.7. The summed E-state index contributed by atoms with van der Waals surface area (Å²) >= 11 is 0. The number of pyridine rings is 1. The van der Waals surface area contributed by atoms with Crippen LogP contribution in [0.1, 0.15) is 33.6 Å². The van der Waals surface area contributed by atoms with Crippen LogP contribution < -0.4 is 20.7 Å². The summed E-state index contributed by atoms with van der Waals surface area (Å²) in [5.41, 5.74) is 6.72. The minimum atomic E-state index is -2.99. The SMILES string of the molecule is CCCCNc1nc(-c2cnc(N)c(OC(F)F)c2)cc(N2C[C@H](C)OC[C@@H]2C)n1. The van der Waals surface area contributed by atoms with Gasteiger partial charge in [0.05, 0.1) is 24.4 Å². The van der Waals surface area contributed by atoms with Crippen LogP contribution in [0.25, 0.3) is 11.3 Å². The Morgan fingerprint density at radius 2 is 2.13 bits per heavy atom. The number of hydrogen-bond acceptors (Lipinski definition) is 8. The molecule has 1 saturated heterocycles. The number of unbranched alkanes of at least 4 members (excludes halogenated alkanes) is 1. The molecule has 3 heterocycles. The Balaban J connectivity index is 1.99. The van der Waals surface area contributed by atoms with Crippen molar-refractivity contribution in [1.82, 2.24) is 15.0 Å². The predicted octanol–water partition coefficient (Wildman–Crippen LogP) is 3.55. The molecule has 8 nitrogen and oxygen atoms in total. The van der Waals surface area contributed by atoms with Crippen molar-refractivity contribution in [2.24, 2.45) is 0 Å². The molecule has 1 aliphatic heterocycles. The van der Waals surface area contributed by atoms with Crippen LogP contribution in [-0.2, 0) is 4.74 Å². The van der Waals surface area contributed by atoms with Crippen molar-refractivity contribution in [1.29, 1.82) is 0 Å². The summed E-state index contributed by atoms with van der Waals surface area (Å²) in [7, 11) is 0. The van der Waals surface area contributed by atoms with Crippen molar-refractivity contribution >= 4 is 17.6 Å². The van der Waals surface area contributed by atoms with E-state index in [4.69, 9.17) is 10.5 Å². The zero-order valence-electron chi connectivity index (χ0n) is 17.4. The number of ether oxygens (including phenoxy) is 2. The minimum Gasteiger partial charge on any atom is -0.431 e. The second-order valence-corrected chi connectivity index (χ2v) is 7.35. The lowest BCUT2D eigenvalue weighted by Crippen LogP contribution is -2.47. The predicted molar refractivity (Wildman–Crippen MR) is 112 cm³/mol. The number of aromatic nitrogens is 3. The fourth-order valence-corrected chi connectivity index (χ4v) is 3.19. The Labute approximate surface area is 174 Å². The van der Waals surface area contributed by atoms with E-state index in [-0.39, 0.29) is 23.7 Å². The molecule has 0 radical (unpaired) electrons. The second kappa shape index (κ2) is 9.84. The van der Waals surface area contributed by atoms with Crippen LogP contribution in [0.2, 0.25) is 0 Å². The second-order valence-electron chi connectivity index (χ2n) is 7.35. The van der Waals surface area contributed by atoms with E-state index in [2.05, 4.69) is 43.8 Å². The summed E-state index contributed by atoms with van der Waals surface area (Å²) in [4.78, 5) is 15.4. The molecule has 10 heteroatoms. The van der Waals surface area contributed by atoms with Crippen molar-refractivity contribution < 1.29 is 18.3 Å². The van der Waals surface area contributed by atoms with Gasteiger partial charge in [-0.3, -0.25) is 0 Å². The van der Waals surface area contributed by atoms with Gasteiger partial charge in [0.25, 0.3) is 0 Å². The molecule has 2 aromatic heterocycles. The lowest BCUT2D eigenvalue weighted by Gasteiger charge is -2.37. The maximum Gasteiger partial charge on any atom is 0.387 e. The molecule has 1 fully saturated rings. The summed E-state index contributed by atoms with van der Waals surface area (Å²) in [6, 6.07) is 3.37. The highest BCUT2D eigenvalue weighted by atomic mass is 19.3. The van der Waals surface area contributed by atoms with Gasteiger partial charge < -0.3 is 25.4 Å². The maximum atomic E-state index is 12.7. The van der Waals surface area contributed by atoms with Crippen molar-refractivity contribution in [3.8, 4) is 17.0 Å². The molecule has 0 saturated carbocycles. The average molecular weight is 422 g/mol. The first kappa shape index (κ1) is 21.9. The van der Waals surface area contributed by atoms with Gasteiger partial charge >= 0.3 is 6.61 Å². The molecular formula is C20H28F2N6O2. The number of alkyl halides is 2. The highest BCUT2D eigenvalue weighted by Crippen LogP contribution is 2.30. The molecular weight excluding hydrogens is 394 g/mol. The lowest BCUT2D eigenvalue weighted by atomic mass is 10.1. The normalized spacial score (nSPS) is 19.2. The molecule has 30 heavy (non-hydrogen) atoms. The Hall–Kier alpha value is -2.75. The summed E-state index contributed by atoms with van der Waals surface area (Å²) in [6.07, 6.45) is 3.57. The summed E-state index contributed by atoms with van der Waals surface area (Å²) in [5.74, 6) is 0.909. The number of nitrogens with two attached hydrogens (primary N) is 1. The monoisotopic (exact) mass is 422 g/mol. The third-order valence-corrected chi connectivity index (χ3v) is 4.82. The molecule has 0 amide bonds. The van der Waals surface area contributed by atoms with E-state index >= 15 is 0 Å². The van der Waals surface area contributed by atoms with Crippen LogP contribution in [-0.4, -0.2) is 53.4 Å². The number of morpholine rings is 1. The Morgan fingerprint density at radius 1 is 1.33 bits per heavy atom. The Bertz CT molecular complexity index is 854. The molecule has 2 aromatic rings. The number of anilines is 3. The quantitative estimate of drug-likeness (QED) is 0.624. The van der Waals surface area contributed by atoms with Gasteiger partial charge in [-0.25, -0.2) is 9.97 Å². The molecule has 0 aliphatic carbocycles. The average Bonchev–Trinajstić information content (AvgIpc) is 2.71. The van der Waals surface area contributed by atoms with Gasteiger partial charge in [-0.15, -0.1) is 0 Å². The Morgan fingerprint density at radius 3 is 2.87 bits per heavy atom. The highest BCUT2D eigenvalue weighted by molar-refractivity contribution is 5.68. The fourth-order valence-electron chi connectivity index (χ4n) is 3.19. The van der Waals surface area contributed by atoms with Crippen molar-refractivity contribution in [2.45, 2.75) is 52.4 Å². The first-order chi connectivity index (χ1) is 14.4. The van der Waals surface area contributed by atoms with Crippen LogP contribution >= 0.6 is 0 Å². The van der Waals surface area contributed by atoms with Crippen LogP contribution in [0.3, 0.4) is 0 Å². The molecule has 0 aromatic carbocycles. The number of hydrogen-bond donors (Lipinski definition) is 2. The zero-order chi connectivity index (χ0) is 21.7. The van der Waals surface area contributed by atoms with E-state index in [1.807, 2.05) is 13.0 Å². The van der Waals surface area contributed by atoms with E-state index in [0.29, 0.717) is 30.4 Å². The van der Waals surface area contributed by atoms with Crippen LogP contribution in [0.5, 0.6) is 5.75 Å². The van der Waals surface area contributed by atoms with Gasteiger partial charge in [-0.2, -0.15) is 13.8 Å². The standard InChI is InChI=1S/C20H28F2N6O2/c1-4-5-6-24-20-26-15(14-7-16(30-19(21)22)18(23)25-9-14)8-17(27-20)28-10-13(3)29-11-12(28)2/h7-9,12-13,19H,4-6,10-11H2,1-3H3,(H2,23,25)(H,24,26,27)/t12-,13-/m0/s1. The highest BCUT2D eigenvalue weighted by Gasteiger charge is 2.26. The smallest absolute Gasteiger partial charge is 0.387 e. The van der Waals surface area contributed by atoms with E-state index in [9.17, 15) is 8.78 Å². The molecule has 1 aliphatic rings. The number of nitrogens with zero attached hydrogens (tertiary/aromatic N) is 4. The number of nitrogens with one attached hydrogen (secondary N) is 1. The van der Waals surface area contributed by atoms with Crippen LogP contribution in [0.4, 0.5) is 26.4 Å². The van der Waals surface area contributed by atoms with Crippen LogP contribution in [0.15, 0.2) is 18.3 Å². The topological polar surface area (TPSA) is 98.4 Å². The summed E-state index contributed by atoms with van der Waals surface area (Å²) in [5, 5.41) is 3.24. The Kier molecular flexibility index (Phi) is 7.20. The molecule has 3 rings (SSSR count). The molecule has 0 unspecified atom stereocenters. The fraction of sp³-hybridized carbons (Fsp3) is 0.550. The van der Waals surface area contributed by atoms with E-state index in [1.165, 1.54) is 12.3 Å². The molecule has 0 bridgehead atoms. The number of halogens is 2. The first-order valence-corrected chi connectivity index (χ1v) is 10.1. The van der Waals surface area contributed by atoms with Gasteiger partial charge in [0.1, 0.15) is 5.82 Å². The minimum absolute atomic E-state index is 0.0698. The van der Waals surface area contributed by atoms with Gasteiger partial charge in [0, 0.05) is 30.9 Å².